The smallest absolute Gasteiger partial charge is 0.186 e. The molecule has 0 aliphatic heterocycles. The molecular weight excluding hydrogens is 293 g/mol. The molecule has 0 saturated heterocycles. The van der Waals surface area contributed by atoms with Crippen molar-refractivity contribution in [2.75, 3.05) is 5.32 Å². The molecule has 0 radical (unpaired) electrons. The first kappa shape index (κ1) is 15.1. The Morgan fingerprint density at radius 1 is 1.17 bits per heavy atom. The highest BCUT2D eigenvalue weighted by Crippen LogP contribution is 2.18. The summed E-state index contributed by atoms with van der Waals surface area (Å²) in [5, 5.41) is 7.48. The van der Waals surface area contributed by atoms with E-state index < -0.39 is 0 Å². The van der Waals surface area contributed by atoms with Crippen LogP contribution in [0.15, 0.2) is 42.9 Å². The van der Waals surface area contributed by atoms with E-state index in [-0.39, 0.29) is 11.6 Å². The molecule has 0 bridgehead atoms. The highest BCUT2D eigenvalue weighted by Gasteiger charge is 2.11. The Morgan fingerprint density at radius 2 is 2.00 bits per heavy atom. The lowest BCUT2D eigenvalue weighted by atomic mass is 10.1. The predicted octanol–water partition coefficient (Wildman–Crippen LogP) is 3.28. The van der Waals surface area contributed by atoms with Gasteiger partial charge in [0.05, 0.1) is 17.1 Å². The second-order valence-corrected chi connectivity index (χ2v) is 5.22. The van der Waals surface area contributed by atoms with E-state index in [4.69, 9.17) is 0 Å². The summed E-state index contributed by atoms with van der Waals surface area (Å²) in [4.78, 5) is 7.93. The van der Waals surface area contributed by atoms with Crippen molar-refractivity contribution in [3.63, 3.8) is 0 Å². The van der Waals surface area contributed by atoms with Gasteiger partial charge in [0.2, 0.25) is 0 Å². The number of rotatable bonds is 5. The number of nitrogens with one attached hydrogen (secondary N) is 1. The van der Waals surface area contributed by atoms with Crippen LogP contribution < -0.4 is 5.32 Å². The minimum absolute atomic E-state index is 0.225. The molecule has 1 aromatic carbocycles. The Labute approximate surface area is 134 Å². The molecule has 0 aliphatic carbocycles. The first-order valence-electron chi connectivity index (χ1n) is 7.53. The van der Waals surface area contributed by atoms with Crippen molar-refractivity contribution in [2.24, 2.45) is 0 Å². The summed E-state index contributed by atoms with van der Waals surface area (Å²) in [7, 11) is 0. The van der Waals surface area contributed by atoms with Gasteiger partial charge in [0.1, 0.15) is 6.33 Å². The van der Waals surface area contributed by atoms with E-state index in [0.717, 1.165) is 16.9 Å². The molecule has 0 spiro atoms. The van der Waals surface area contributed by atoms with E-state index in [1.54, 1.807) is 0 Å². The van der Waals surface area contributed by atoms with Crippen LogP contribution in [-0.4, -0.2) is 19.7 Å². The Kier molecular flexibility index (Phi) is 4.32. The Morgan fingerprint density at radius 3 is 2.74 bits per heavy atom. The lowest BCUT2D eigenvalue weighted by Gasteiger charge is -2.12. The zero-order valence-corrected chi connectivity index (χ0v) is 13.1. The van der Waals surface area contributed by atoms with E-state index >= 15 is 0 Å². The van der Waals surface area contributed by atoms with Gasteiger partial charge in [0.15, 0.2) is 11.6 Å². The van der Waals surface area contributed by atoms with Crippen molar-refractivity contribution in [1.82, 2.24) is 19.7 Å². The van der Waals surface area contributed by atoms with E-state index in [9.17, 15) is 4.39 Å². The molecule has 0 fully saturated rings. The molecule has 3 rings (SSSR count). The van der Waals surface area contributed by atoms with Gasteiger partial charge in [-0.05, 0) is 31.0 Å². The summed E-state index contributed by atoms with van der Waals surface area (Å²) in [6, 6.07) is 9.82. The summed E-state index contributed by atoms with van der Waals surface area (Å²) in [5.74, 6) is -0.161. The van der Waals surface area contributed by atoms with E-state index in [1.165, 1.54) is 6.33 Å². The summed E-state index contributed by atoms with van der Waals surface area (Å²) in [6.07, 6.45) is 3.83. The first-order chi connectivity index (χ1) is 11.2. The third-order valence-corrected chi connectivity index (χ3v) is 3.60. The van der Waals surface area contributed by atoms with Crippen molar-refractivity contribution >= 4 is 5.82 Å². The van der Waals surface area contributed by atoms with Gasteiger partial charge in [-0.2, -0.15) is 5.10 Å². The molecule has 2 heterocycles. The van der Waals surface area contributed by atoms with Gasteiger partial charge in [-0.3, -0.25) is 0 Å². The van der Waals surface area contributed by atoms with Crippen LogP contribution in [0.3, 0.4) is 0 Å². The molecule has 0 atom stereocenters. The number of anilines is 1. The van der Waals surface area contributed by atoms with Crippen LogP contribution in [0.1, 0.15) is 23.9 Å². The fourth-order valence-corrected chi connectivity index (χ4v) is 2.39. The molecule has 0 saturated carbocycles. The van der Waals surface area contributed by atoms with Crippen molar-refractivity contribution in [3.05, 3.63) is 65.6 Å². The average molecular weight is 311 g/mol. The standard InChI is InChI=1S/C17H18FN5/c1-3-14-16(18)17(21-11-20-14)19-10-13-6-4-5-7-15(13)23-9-8-12(2)22-23/h4-9,11H,3,10H2,1-2H3,(H,19,20,21). The third-order valence-electron chi connectivity index (χ3n) is 3.60. The highest BCUT2D eigenvalue weighted by atomic mass is 19.1. The Hall–Kier alpha value is -2.76. The minimum atomic E-state index is -0.387. The number of para-hydroxylation sites is 1. The largest absolute Gasteiger partial charge is 0.363 e. The van der Waals surface area contributed by atoms with Crippen LogP contribution in [-0.2, 0) is 13.0 Å². The van der Waals surface area contributed by atoms with Crippen molar-refractivity contribution in [2.45, 2.75) is 26.8 Å². The molecular formula is C17H18FN5. The highest BCUT2D eigenvalue weighted by molar-refractivity contribution is 5.44. The number of benzene rings is 1. The van der Waals surface area contributed by atoms with Gasteiger partial charge in [-0.1, -0.05) is 25.1 Å². The lowest BCUT2D eigenvalue weighted by molar-refractivity contribution is 0.596. The fraction of sp³-hybridized carbons (Fsp3) is 0.235. The molecule has 0 amide bonds. The maximum Gasteiger partial charge on any atom is 0.186 e. The molecule has 118 valence electrons. The number of halogens is 1. The van der Waals surface area contributed by atoms with Gasteiger partial charge in [-0.15, -0.1) is 0 Å². The summed E-state index contributed by atoms with van der Waals surface area (Å²) >= 11 is 0. The molecule has 5 nitrogen and oxygen atoms in total. The SMILES string of the molecule is CCc1ncnc(NCc2ccccc2-n2ccc(C)n2)c1F. The molecule has 1 N–H and O–H groups in total. The monoisotopic (exact) mass is 311 g/mol. The van der Waals surface area contributed by atoms with Crippen LogP contribution in [0.5, 0.6) is 0 Å². The number of aryl methyl sites for hydroxylation is 2. The molecule has 3 aromatic rings. The summed E-state index contributed by atoms with van der Waals surface area (Å²) in [5.41, 5.74) is 3.32. The normalized spacial score (nSPS) is 10.7. The number of aromatic nitrogens is 4. The summed E-state index contributed by atoms with van der Waals surface area (Å²) in [6.45, 7) is 4.26. The fourth-order valence-electron chi connectivity index (χ4n) is 2.39. The molecule has 0 aliphatic rings. The Balaban J connectivity index is 1.84. The average Bonchev–Trinajstić information content (AvgIpc) is 3.00. The van der Waals surface area contributed by atoms with Crippen LogP contribution >= 0.6 is 0 Å². The van der Waals surface area contributed by atoms with Crippen LogP contribution in [0.2, 0.25) is 0 Å². The van der Waals surface area contributed by atoms with Gasteiger partial charge in [-0.25, -0.2) is 19.0 Å². The van der Waals surface area contributed by atoms with E-state index in [2.05, 4.69) is 20.4 Å². The molecule has 2 aromatic heterocycles. The molecule has 23 heavy (non-hydrogen) atoms. The van der Waals surface area contributed by atoms with Gasteiger partial charge >= 0.3 is 0 Å². The van der Waals surface area contributed by atoms with Crippen molar-refractivity contribution < 1.29 is 4.39 Å². The minimum Gasteiger partial charge on any atom is -0.363 e. The second kappa shape index (κ2) is 6.56. The molecule has 0 unspecified atom stereocenters. The predicted molar refractivity (Wildman–Crippen MR) is 87.0 cm³/mol. The second-order valence-electron chi connectivity index (χ2n) is 5.22. The number of nitrogens with zero attached hydrogens (tertiary/aromatic N) is 4. The number of hydrogen-bond acceptors (Lipinski definition) is 4. The van der Waals surface area contributed by atoms with Gasteiger partial charge in [0.25, 0.3) is 0 Å². The maximum absolute atomic E-state index is 14.2. The Bertz CT molecular complexity index is 812. The van der Waals surface area contributed by atoms with Gasteiger partial charge in [0, 0.05) is 12.7 Å². The first-order valence-corrected chi connectivity index (χ1v) is 7.53. The summed E-state index contributed by atoms with van der Waals surface area (Å²) < 4.78 is 16.0. The van der Waals surface area contributed by atoms with Crippen LogP contribution in [0.25, 0.3) is 5.69 Å². The van der Waals surface area contributed by atoms with E-state index in [1.807, 2.05) is 55.1 Å². The van der Waals surface area contributed by atoms with Crippen molar-refractivity contribution in [3.8, 4) is 5.69 Å². The zero-order chi connectivity index (χ0) is 16.2. The number of hydrogen-bond donors (Lipinski definition) is 1. The zero-order valence-electron chi connectivity index (χ0n) is 13.1. The lowest BCUT2D eigenvalue weighted by Crippen LogP contribution is -2.09. The molecule has 6 heteroatoms. The van der Waals surface area contributed by atoms with Crippen molar-refractivity contribution in [1.29, 1.82) is 0 Å². The quantitative estimate of drug-likeness (QED) is 0.785. The van der Waals surface area contributed by atoms with E-state index in [0.29, 0.717) is 18.7 Å². The van der Waals surface area contributed by atoms with Gasteiger partial charge < -0.3 is 5.32 Å². The van der Waals surface area contributed by atoms with Crippen LogP contribution in [0, 0.1) is 12.7 Å². The third kappa shape index (κ3) is 3.21. The maximum atomic E-state index is 14.2. The topological polar surface area (TPSA) is 55.6 Å². The van der Waals surface area contributed by atoms with Crippen LogP contribution in [0.4, 0.5) is 10.2 Å².